The van der Waals surface area contributed by atoms with Crippen LogP contribution in [-0.2, 0) is 6.42 Å². The maximum absolute atomic E-state index is 4.28. The third kappa shape index (κ3) is 1.91. The molecule has 0 aromatic carbocycles. The van der Waals surface area contributed by atoms with Crippen LogP contribution in [-0.4, -0.2) is 16.5 Å². The molecule has 1 aromatic rings. The maximum Gasteiger partial charge on any atom is 0.129 e. The summed E-state index contributed by atoms with van der Waals surface area (Å²) in [6.45, 7) is 3.23. The van der Waals surface area contributed by atoms with E-state index >= 15 is 0 Å². The second-order valence-corrected chi connectivity index (χ2v) is 5.24. The van der Waals surface area contributed by atoms with Gasteiger partial charge in [0.05, 0.1) is 0 Å². The quantitative estimate of drug-likeness (QED) is 0.824. The molecule has 0 aliphatic heterocycles. The third-order valence-corrected chi connectivity index (χ3v) is 4.04. The lowest BCUT2D eigenvalue weighted by molar-refractivity contribution is 0.466. The first-order valence-corrected chi connectivity index (χ1v) is 6.37. The van der Waals surface area contributed by atoms with E-state index in [9.17, 15) is 0 Å². The van der Waals surface area contributed by atoms with Crippen LogP contribution in [0.5, 0.6) is 0 Å². The standard InChI is InChI=1S/C13H19N3/c1-2-11-7-12(16-9-15-11)14-8-13(5-6-13)10-3-4-10/h7,9-10H,2-6,8H2,1H3,(H,14,15,16). The fraction of sp³-hybridized carbons (Fsp3) is 0.692. The van der Waals surface area contributed by atoms with E-state index in [1.807, 2.05) is 0 Å². The van der Waals surface area contributed by atoms with Crippen LogP contribution in [0.25, 0.3) is 0 Å². The molecule has 86 valence electrons. The average Bonchev–Trinajstić information content (AvgIpc) is 3.17. The van der Waals surface area contributed by atoms with Crippen molar-refractivity contribution >= 4 is 5.82 Å². The van der Waals surface area contributed by atoms with Gasteiger partial charge < -0.3 is 5.32 Å². The fourth-order valence-corrected chi connectivity index (χ4v) is 2.54. The Kier molecular flexibility index (Phi) is 2.34. The Morgan fingerprint density at radius 2 is 2.19 bits per heavy atom. The van der Waals surface area contributed by atoms with Crippen molar-refractivity contribution in [2.75, 3.05) is 11.9 Å². The second-order valence-electron chi connectivity index (χ2n) is 5.24. The topological polar surface area (TPSA) is 37.8 Å². The van der Waals surface area contributed by atoms with Crippen LogP contribution in [0.3, 0.4) is 0 Å². The third-order valence-electron chi connectivity index (χ3n) is 4.04. The van der Waals surface area contributed by atoms with Crippen molar-refractivity contribution in [1.82, 2.24) is 9.97 Å². The molecular formula is C13H19N3. The Bertz CT molecular complexity index is 381. The number of rotatable bonds is 5. The first kappa shape index (κ1) is 10.1. The molecule has 3 rings (SSSR count). The van der Waals surface area contributed by atoms with Gasteiger partial charge in [0, 0.05) is 18.3 Å². The van der Waals surface area contributed by atoms with E-state index in [2.05, 4.69) is 28.3 Å². The number of aromatic nitrogens is 2. The number of nitrogens with zero attached hydrogens (tertiary/aromatic N) is 2. The smallest absolute Gasteiger partial charge is 0.129 e. The monoisotopic (exact) mass is 217 g/mol. The van der Waals surface area contributed by atoms with E-state index in [0.717, 1.165) is 30.4 Å². The van der Waals surface area contributed by atoms with Gasteiger partial charge in [-0.1, -0.05) is 6.92 Å². The zero-order valence-corrected chi connectivity index (χ0v) is 9.87. The fourth-order valence-electron chi connectivity index (χ4n) is 2.54. The molecule has 0 atom stereocenters. The highest BCUT2D eigenvalue weighted by Crippen LogP contribution is 2.61. The van der Waals surface area contributed by atoms with Gasteiger partial charge in [0.1, 0.15) is 12.1 Å². The van der Waals surface area contributed by atoms with Crippen molar-refractivity contribution in [3.05, 3.63) is 18.1 Å². The molecule has 16 heavy (non-hydrogen) atoms. The summed E-state index contributed by atoms with van der Waals surface area (Å²) in [7, 11) is 0. The Morgan fingerprint density at radius 3 is 2.81 bits per heavy atom. The number of nitrogens with one attached hydrogen (secondary N) is 1. The summed E-state index contributed by atoms with van der Waals surface area (Å²) in [6, 6.07) is 2.07. The second kappa shape index (κ2) is 3.72. The highest BCUT2D eigenvalue weighted by Gasteiger charge is 2.53. The van der Waals surface area contributed by atoms with Crippen molar-refractivity contribution in [3.8, 4) is 0 Å². The summed E-state index contributed by atoms with van der Waals surface area (Å²) in [5, 5.41) is 3.49. The molecule has 2 aliphatic carbocycles. The molecule has 0 bridgehead atoms. The number of aryl methyl sites for hydroxylation is 1. The lowest BCUT2D eigenvalue weighted by atomic mass is 10.0. The number of hydrogen-bond acceptors (Lipinski definition) is 3. The summed E-state index contributed by atoms with van der Waals surface area (Å²) < 4.78 is 0. The predicted molar refractivity (Wildman–Crippen MR) is 64.3 cm³/mol. The predicted octanol–water partition coefficient (Wildman–Crippen LogP) is 2.64. The summed E-state index contributed by atoms with van der Waals surface area (Å²) in [5.74, 6) is 2.01. The first-order valence-electron chi connectivity index (χ1n) is 6.37. The Hall–Kier alpha value is -1.12. The van der Waals surface area contributed by atoms with Gasteiger partial charge >= 0.3 is 0 Å². The van der Waals surface area contributed by atoms with E-state index in [1.165, 1.54) is 25.7 Å². The van der Waals surface area contributed by atoms with Gasteiger partial charge in [0.25, 0.3) is 0 Å². The van der Waals surface area contributed by atoms with Crippen LogP contribution >= 0.6 is 0 Å². The van der Waals surface area contributed by atoms with E-state index in [4.69, 9.17) is 0 Å². The molecule has 0 unspecified atom stereocenters. The first-order chi connectivity index (χ1) is 7.82. The summed E-state index contributed by atoms with van der Waals surface area (Å²) >= 11 is 0. The van der Waals surface area contributed by atoms with Gasteiger partial charge in [-0.25, -0.2) is 9.97 Å². The van der Waals surface area contributed by atoms with Gasteiger partial charge in [0.15, 0.2) is 0 Å². The van der Waals surface area contributed by atoms with Crippen molar-refractivity contribution < 1.29 is 0 Å². The van der Waals surface area contributed by atoms with E-state index in [-0.39, 0.29) is 0 Å². The molecule has 3 nitrogen and oxygen atoms in total. The molecule has 0 spiro atoms. The summed E-state index contributed by atoms with van der Waals surface area (Å²) in [5.41, 5.74) is 1.76. The Labute approximate surface area is 96.7 Å². The van der Waals surface area contributed by atoms with Crippen molar-refractivity contribution in [3.63, 3.8) is 0 Å². The molecule has 0 amide bonds. The lowest BCUT2D eigenvalue weighted by Crippen LogP contribution is -2.18. The van der Waals surface area contributed by atoms with Crippen LogP contribution in [0.1, 0.15) is 38.3 Å². The van der Waals surface area contributed by atoms with Gasteiger partial charge in [-0.15, -0.1) is 0 Å². The van der Waals surface area contributed by atoms with E-state index in [1.54, 1.807) is 6.33 Å². The zero-order chi connectivity index (χ0) is 11.0. The minimum atomic E-state index is 0.636. The van der Waals surface area contributed by atoms with Crippen molar-refractivity contribution in [2.45, 2.75) is 39.0 Å². The van der Waals surface area contributed by atoms with Gasteiger partial charge in [-0.3, -0.25) is 0 Å². The summed E-state index contributed by atoms with van der Waals surface area (Å²) in [6.07, 6.45) is 8.37. The maximum atomic E-state index is 4.28. The summed E-state index contributed by atoms with van der Waals surface area (Å²) in [4.78, 5) is 8.49. The van der Waals surface area contributed by atoms with Crippen LogP contribution in [0.4, 0.5) is 5.82 Å². The molecule has 1 heterocycles. The normalized spacial score (nSPS) is 21.8. The van der Waals surface area contributed by atoms with Crippen molar-refractivity contribution in [2.24, 2.45) is 11.3 Å². The van der Waals surface area contributed by atoms with Gasteiger partial charge in [-0.2, -0.15) is 0 Å². The molecule has 1 aromatic heterocycles. The SMILES string of the molecule is CCc1cc(NCC2(C3CC3)CC2)ncn1. The molecule has 2 fully saturated rings. The van der Waals surface area contributed by atoms with Crippen LogP contribution < -0.4 is 5.32 Å². The minimum absolute atomic E-state index is 0.636. The van der Waals surface area contributed by atoms with E-state index < -0.39 is 0 Å². The minimum Gasteiger partial charge on any atom is -0.369 e. The van der Waals surface area contributed by atoms with E-state index in [0.29, 0.717) is 5.41 Å². The highest BCUT2D eigenvalue weighted by molar-refractivity contribution is 5.35. The average molecular weight is 217 g/mol. The Morgan fingerprint density at radius 1 is 1.38 bits per heavy atom. The number of anilines is 1. The van der Waals surface area contributed by atoms with Gasteiger partial charge in [-0.05, 0) is 43.4 Å². The number of hydrogen-bond donors (Lipinski definition) is 1. The molecule has 0 radical (unpaired) electrons. The zero-order valence-electron chi connectivity index (χ0n) is 9.87. The highest BCUT2D eigenvalue weighted by atomic mass is 15.0. The Balaban J connectivity index is 1.61. The van der Waals surface area contributed by atoms with Crippen LogP contribution in [0.2, 0.25) is 0 Å². The molecular weight excluding hydrogens is 198 g/mol. The lowest BCUT2D eigenvalue weighted by Gasteiger charge is -2.15. The largest absolute Gasteiger partial charge is 0.369 e. The molecule has 1 N–H and O–H groups in total. The van der Waals surface area contributed by atoms with Gasteiger partial charge in [0.2, 0.25) is 0 Å². The van der Waals surface area contributed by atoms with Crippen LogP contribution in [0, 0.1) is 11.3 Å². The molecule has 3 heteroatoms. The molecule has 2 saturated carbocycles. The van der Waals surface area contributed by atoms with Crippen LogP contribution in [0.15, 0.2) is 12.4 Å². The molecule has 0 saturated heterocycles. The van der Waals surface area contributed by atoms with Crippen molar-refractivity contribution in [1.29, 1.82) is 0 Å². The molecule has 2 aliphatic rings.